The minimum absolute atomic E-state index is 0.636. The van der Waals surface area contributed by atoms with Crippen LogP contribution in [0, 0.1) is 11.3 Å². The molecule has 0 unspecified atom stereocenters. The fraction of sp³-hybridized carbons (Fsp3) is 0. The van der Waals surface area contributed by atoms with Gasteiger partial charge in [-0.05, 0) is 95.1 Å². The number of fused-ring (bicyclic) bond motifs is 7. The predicted molar refractivity (Wildman–Crippen MR) is 206 cm³/mol. The first-order valence-electron chi connectivity index (χ1n) is 16.8. The molecule has 0 saturated heterocycles. The zero-order chi connectivity index (χ0) is 33.2. The van der Waals surface area contributed by atoms with Crippen LogP contribution in [0.15, 0.2) is 170 Å². The van der Waals surface area contributed by atoms with E-state index < -0.39 is 0 Å². The van der Waals surface area contributed by atoms with E-state index in [0.717, 1.165) is 44.6 Å². The summed E-state index contributed by atoms with van der Waals surface area (Å²) in [6.07, 6.45) is 0. The lowest BCUT2D eigenvalue weighted by Crippen LogP contribution is -1.99. The maximum atomic E-state index is 9.65. The highest BCUT2D eigenvalue weighted by molar-refractivity contribution is 6.13. The fourth-order valence-electron chi connectivity index (χ4n) is 7.68. The quantitative estimate of drug-likeness (QED) is 0.193. The van der Waals surface area contributed by atoms with E-state index in [4.69, 9.17) is 4.98 Å². The number of pyridine rings is 1. The van der Waals surface area contributed by atoms with Gasteiger partial charge in [-0.3, -0.25) is 4.57 Å². The van der Waals surface area contributed by atoms with Crippen LogP contribution >= 0.6 is 0 Å². The molecule has 7 aromatic carbocycles. The van der Waals surface area contributed by atoms with Crippen molar-refractivity contribution in [1.82, 2.24) is 14.1 Å². The van der Waals surface area contributed by atoms with Gasteiger partial charge in [-0.1, -0.05) is 97.1 Å². The summed E-state index contributed by atoms with van der Waals surface area (Å²) in [6.45, 7) is 0. The first kappa shape index (κ1) is 28.1. The molecule has 10 rings (SSSR count). The van der Waals surface area contributed by atoms with Crippen LogP contribution in [0.4, 0.5) is 0 Å². The lowest BCUT2D eigenvalue weighted by Gasteiger charge is -2.13. The molecule has 4 nitrogen and oxygen atoms in total. The number of aromatic nitrogens is 3. The second-order valence-corrected chi connectivity index (χ2v) is 12.7. The molecule has 10 aromatic rings. The zero-order valence-corrected chi connectivity index (χ0v) is 27.0. The van der Waals surface area contributed by atoms with Crippen LogP contribution in [0.3, 0.4) is 0 Å². The largest absolute Gasteiger partial charge is 0.309 e. The Hall–Kier alpha value is -6.96. The standard InChI is InChI=1S/C46H28N4/c47-29-30-11-10-12-33(25-30)38-28-46(48-41-18-7-4-15-35(38)41)50-43-20-9-6-17-37(43)40-27-32(22-24-45(40)50)31-21-23-44-39(26-31)36-16-5-8-19-42(36)49(44)34-13-2-1-3-14-34/h1-28H. The second kappa shape index (κ2) is 11.1. The van der Waals surface area contributed by atoms with E-state index in [1.165, 1.54) is 43.7 Å². The average molecular weight is 637 g/mol. The van der Waals surface area contributed by atoms with E-state index >= 15 is 0 Å². The van der Waals surface area contributed by atoms with Crippen LogP contribution in [0.25, 0.3) is 88.3 Å². The molecule has 0 saturated carbocycles. The summed E-state index contributed by atoms with van der Waals surface area (Å²) in [7, 11) is 0. The third kappa shape index (κ3) is 4.28. The van der Waals surface area contributed by atoms with Crippen molar-refractivity contribution >= 4 is 54.5 Å². The van der Waals surface area contributed by atoms with E-state index in [-0.39, 0.29) is 0 Å². The van der Waals surface area contributed by atoms with Crippen molar-refractivity contribution in [3.63, 3.8) is 0 Å². The van der Waals surface area contributed by atoms with Crippen LogP contribution in [-0.2, 0) is 0 Å². The molecular weight excluding hydrogens is 609 g/mol. The summed E-state index contributed by atoms with van der Waals surface area (Å²) < 4.78 is 4.63. The summed E-state index contributed by atoms with van der Waals surface area (Å²) in [4.78, 5) is 5.21. The Bertz CT molecular complexity index is 2990. The van der Waals surface area contributed by atoms with Crippen molar-refractivity contribution in [3.05, 3.63) is 175 Å². The van der Waals surface area contributed by atoms with E-state index in [1.807, 2.05) is 30.3 Å². The zero-order valence-electron chi connectivity index (χ0n) is 27.0. The Kier molecular flexibility index (Phi) is 6.21. The van der Waals surface area contributed by atoms with Crippen molar-refractivity contribution in [1.29, 1.82) is 5.26 Å². The molecule has 3 aromatic heterocycles. The summed E-state index contributed by atoms with van der Waals surface area (Å²) in [5.74, 6) is 0.843. The molecule has 232 valence electrons. The van der Waals surface area contributed by atoms with Gasteiger partial charge in [0.25, 0.3) is 0 Å². The molecule has 4 heteroatoms. The first-order chi connectivity index (χ1) is 24.7. The molecular formula is C46H28N4. The minimum Gasteiger partial charge on any atom is -0.309 e. The van der Waals surface area contributed by atoms with E-state index in [0.29, 0.717) is 5.56 Å². The number of benzene rings is 7. The molecule has 0 spiro atoms. The van der Waals surface area contributed by atoms with Gasteiger partial charge in [0.2, 0.25) is 0 Å². The van der Waals surface area contributed by atoms with Crippen LogP contribution in [0.1, 0.15) is 5.56 Å². The van der Waals surface area contributed by atoms with Crippen LogP contribution in [0.2, 0.25) is 0 Å². The SMILES string of the molecule is N#Cc1cccc(-c2cc(-n3c4ccccc4c4cc(-c5ccc6c(c5)c5ccccc5n6-c5ccccc5)ccc43)nc3ccccc23)c1. The highest BCUT2D eigenvalue weighted by Crippen LogP contribution is 2.39. The molecule has 0 amide bonds. The Labute approximate surface area is 288 Å². The lowest BCUT2D eigenvalue weighted by molar-refractivity contribution is 1.10. The molecule has 0 aliphatic carbocycles. The van der Waals surface area contributed by atoms with Gasteiger partial charge in [0, 0.05) is 32.6 Å². The van der Waals surface area contributed by atoms with Gasteiger partial charge in [0.05, 0.1) is 39.2 Å². The maximum absolute atomic E-state index is 9.65. The molecule has 0 aliphatic heterocycles. The van der Waals surface area contributed by atoms with Crippen molar-refractivity contribution in [2.24, 2.45) is 0 Å². The van der Waals surface area contributed by atoms with Gasteiger partial charge >= 0.3 is 0 Å². The third-order valence-corrected chi connectivity index (χ3v) is 9.93. The smallest absolute Gasteiger partial charge is 0.138 e. The van der Waals surface area contributed by atoms with Crippen molar-refractivity contribution in [3.8, 4) is 39.8 Å². The monoisotopic (exact) mass is 636 g/mol. The van der Waals surface area contributed by atoms with Gasteiger partial charge in [0.1, 0.15) is 5.82 Å². The molecule has 50 heavy (non-hydrogen) atoms. The van der Waals surface area contributed by atoms with Crippen molar-refractivity contribution in [2.75, 3.05) is 0 Å². The molecule has 0 radical (unpaired) electrons. The van der Waals surface area contributed by atoms with Gasteiger partial charge < -0.3 is 4.57 Å². The van der Waals surface area contributed by atoms with Crippen molar-refractivity contribution < 1.29 is 0 Å². The minimum atomic E-state index is 0.636. The molecule has 0 fully saturated rings. The number of nitriles is 1. The first-order valence-corrected chi connectivity index (χ1v) is 16.8. The van der Waals surface area contributed by atoms with Gasteiger partial charge in [0.15, 0.2) is 0 Å². The number of para-hydroxylation sites is 4. The molecule has 0 bridgehead atoms. The van der Waals surface area contributed by atoms with Gasteiger partial charge in [-0.15, -0.1) is 0 Å². The number of hydrogen-bond acceptors (Lipinski definition) is 2. The van der Waals surface area contributed by atoms with E-state index in [2.05, 4.69) is 155 Å². The molecule has 0 aliphatic rings. The van der Waals surface area contributed by atoms with Crippen LogP contribution in [-0.4, -0.2) is 14.1 Å². The van der Waals surface area contributed by atoms with E-state index in [1.54, 1.807) is 0 Å². The van der Waals surface area contributed by atoms with Crippen LogP contribution < -0.4 is 0 Å². The number of rotatable bonds is 4. The average Bonchev–Trinajstić information content (AvgIpc) is 3.70. The molecule has 3 heterocycles. The Morgan fingerprint density at radius 2 is 1.00 bits per heavy atom. The van der Waals surface area contributed by atoms with E-state index in [9.17, 15) is 5.26 Å². The maximum Gasteiger partial charge on any atom is 0.138 e. The molecule has 0 atom stereocenters. The fourth-order valence-corrected chi connectivity index (χ4v) is 7.68. The highest BCUT2D eigenvalue weighted by Gasteiger charge is 2.18. The Morgan fingerprint density at radius 1 is 0.420 bits per heavy atom. The van der Waals surface area contributed by atoms with Gasteiger partial charge in [-0.2, -0.15) is 5.26 Å². The summed E-state index contributed by atoms with van der Waals surface area (Å²) in [6, 6.07) is 62.0. The third-order valence-electron chi connectivity index (χ3n) is 9.93. The second-order valence-electron chi connectivity index (χ2n) is 12.7. The molecule has 0 N–H and O–H groups in total. The normalized spacial score (nSPS) is 11.6. The van der Waals surface area contributed by atoms with Gasteiger partial charge in [-0.25, -0.2) is 4.98 Å². The number of nitrogens with zero attached hydrogens (tertiary/aromatic N) is 4. The summed E-state index contributed by atoms with van der Waals surface area (Å²) in [5.41, 5.74) is 11.7. The summed E-state index contributed by atoms with van der Waals surface area (Å²) in [5, 5.41) is 15.5. The Balaban J connectivity index is 1.18. The predicted octanol–water partition coefficient (Wildman–Crippen LogP) is 11.6. The Morgan fingerprint density at radius 3 is 1.70 bits per heavy atom. The highest BCUT2D eigenvalue weighted by atomic mass is 15.1. The lowest BCUT2D eigenvalue weighted by atomic mass is 9.99. The van der Waals surface area contributed by atoms with Crippen molar-refractivity contribution in [2.45, 2.75) is 0 Å². The van der Waals surface area contributed by atoms with Crippen LogP contribution in [0.5, 0.6) is 0 Å². The number of hydrogen-bond donors (Lipinski definition) is 0. The topological polar surface area (TPSA) is 46.5 Å². The summed E-state index contributed by atoms with van der Waals surface area (Å²) >= 11 is 0.